The number of rotatable bonds is 8. The largest absolute Gasteiger partial charge is 0.496 e. The summed E-state index contributed by atoms with van der Waals surface area (Å²) >= 11 is 2.82. The molecule has 4 aromatic rings. The zero-order valence-corrected chi connectivity index (χ0v) is 18.9. The molecule has 3 N–H and O–H groups in total. The van der Waals surface area contributed by atoms with E-state index in [0.717, 1.165) is 21.0 Å². The average molecular weight is 464 g/mol. The molecule has 4 rings (SSSR count). The number of nitrogens with two attached hydrogens (primary N) is 1. The molecule has 7 nitrogen and oxygen atoms in total. The Morgan fingerprint density at radius 1 is 1.00 bits per heavy atom. The molecule has 0 bridgehead atoms. The van der Waals surface area contributed by atoms with Crippen LogP contribution in [0, 0.1) is 0 Å². The van der Waals surface area contributed by atoms with Gasteiger partial charge in [0.05, 0.1) is 24.1 Å². The number of nitrogens with zero attached hydrogens (tertiary/aromatic N) is 3. The van der Waals surface area contributed by atoms with Crippen LogP contribution in [-0.4, -0.2) is 33.6 Å². The van der Waals surface area contributed by atoms with Gasteiger partial charge in [0, 0.05) is 9.79 Å². The molecule has 32 heavy (non-hydrogen) atoms. The standard InChI is InChI=1S/C23H21N5O2S2/c1-30-19-13-7-5-11-17(19)22-26-27-23(28(22)24)31-15-21(29)25-18-12-6-8-14-20(18)32-16-9-3-2-4-10-16/h2-14H,15,24H2,1H3,(H,25,29). The van der Waals surface area contributed by atoms with Gasteiger partial charge in [-0.15, -0.1) is 10.2 Å². The Hall–Kier alpha value is -3.43. The van der Waals surface area contributed by atoms with Crippen molar-refractivity contribution in [1.29, 1.82) is 0 Å². The maximum Gasteiger partial charge on any atom is 0.234 e. The summed E-state index contributed by atoms with van der Waals surface area (Å²) in [6.45, 7) is 0. The van der Waals surface area contributed by atoms with Crippen molar-refractivity contribution in [2.24, 2.45) is 0 Å². The lowest BCUT2D eigenvalue weighted by Gasteiger charge is -2.11. The summed E-state index contributed by atoms with van der Waals surface area (Å²) in [6, 6.07) is 25.2. The third kappa shape index (κ3) is 5.06. The molecule has 0 aliphatic heterocycles. The van der Waals surface area contributed by atoms with Crippen LogP contribution in [-0.2, 0) is 4.79 Å². The summed E-state index contributed by atoms with van der Waals surface area (Å²) < 4.78 is 6.74. The molecule has 0 fully saturated rings. The maximum atomic E-state index is 12.6. The normalized spacial score (nSPS) is 10.7. The minimum absolute atomic E-state index is 0.144. The van der Waals surface area contributed by atoms with Crippen LogP contribution in [0.3, 0.4) is 0 Å². The molecule has 1 aromatic heterocycles. The van der Waals surface area contributed by atoms with Gasteiger partial charge in [0.15, 0.2) is 5.82 Å². The predicted octanol–water partition coefficient (Wildman–Crippen LogP) is 4.55. The van der Waals surface area contributed by atoms with Crippen LogP contribution >= 0.6 is 23.5 Å². The Kier molecular flexibility index (Phi) is 6.98. The number of methoxy groups -OCH3 is 1. The molecule has 0 spiro atoms. The number of nitrogens with one attached hydrogen (secondary N) is 1. The van der Waals surface area contributed by atoms with Crippen LogP contribution in [0.4, 0.5) is 5.69 Å². The van der Waals surface area contributed by atoms with Crippen molar-refractivity contribution in [3.8, 4) is 17.1 Å². The third-order valence-corrected chi connectivity index (χ3v) is 6.50. The summed E-state index contributed by atoms with van der Waals surface area (Å²) in [5, 5.41) is 11.7. The molecule has 0 aliphatic rings. The first kappa shape index (κ1) is 21.8. The Morgan fingerprint density at radius 3 is 2.53 bits per heavy atom. The second kappa shape index (κ2) is 10.3. The molecule has 0 saturated heterocycles. The summed E-state index contributed by atoms with van der Waals surface area (Å²) in [4.78, 5) is 14.7. The number of amides is 1. The number of para-hydroxylation sites is 2. The minimum atomic E-state index is -0.155. The lowest BCUT2D eigenvalue weighted by Crippen LogP contribution is -2.16. The van der Waals surface area contributed by atoms with Crippen molar-refractivity contribution >= 4 is 35.1 Å². The van der Waals surface area contributed by atoms with Gasteiger partial charge in [-0.05, 0) is 36.4 Å². The van der Waals surface area contributed by atoms with E-state index in [1.807, 2.05) is 78.9 Å². The number of hydrogen-bond donors (Lipinski definition) is 2. The van der Waals surface area contributed by atoms with Gasteiger partial charge in [0.2, 0.25) is 11.1 Å². The van der Waals surface area contributed by atoms with Crippen LogP contribution in [0.25, 0.3) is 11.4 Å². The van der Waals surface area contributed by atoms with Crippen molar-refractivity contribution < 1.29 is 9.53 Å². The zero-order valence-electron chi connectivity index (χ0n) is 17.3. The van der Waals surface area contributed by atoms with Crippen molar-refractivity contribution in [3.05, 3.63) is 78.9 Å². The molecule has 1 heterocycles. The molecule has 162 valence electrons. The summed E-state index contributed by atoms with van der Waals surface area (Å²) in [7, 11) is 1.59. The highest BCUT2D eigenvalue weighted by Gasteiger charge is 2.17. The maximum absolute atomic E-state index is 12.6. The Labute approximate surface area is 194 Å². The van der Waals surface area contributed by atoms with Gasteiger partial charge in [-0.25, -0.2) is 4.68 Å². The lowest BCUT2D eigenvalue weighted by molar-refractivity contribution is -0.113. The van der Waals surface area contributed by atoms with Gasteiger partial charge in [0.25, 0.3) is 0 Å². The molecule has 0 saturated carbocycles. The molecule has 3 aromatic carbocycles. The number of nitrogen functional groups attached to an aromatic ring is 1. The van der Waals surface area contributed by atoms with Gasteiger partial charge in [0.1, 0.15) is 5.75 Å². The van der Waals surface area contributed by atoms with E-state index in [2.05, 4.69) is 15.5 Å². The van der Waals surface area contributed by atoms with E-state index in [9.17, 15) is 4.79 Å². The fourth-order valence-corrected chi connectivity index (χ4v) is 4.56. The number of hydrogen-bond acceptors (Lipinski definition) is 7. The fraction of sp³-hybridized carbons (Fsp3) is 0.0870. The molecule has 0 aliphatic carbocycles. The SMILES string of the molecule is COc1ccccc1-c1nnc(SCC(=O)Nc2ccccc2Sc2ccccc2)n1N. The van der Waals surface area contributed by atoms with E-state index in [1.165, 1.54) is 16.4 Å². The van der Waals surface area contributed by atoms with E-state index < -0.39 is 0 Å². The quantitative estimate of drug-likeness (QED) is 0.292. The van der Waals surface area contributed by atoms with Crippen molar-refractivity contribution in [2.75, 3.05) is 24.0 Å². The van der Waals surface area contributed by atoms with Gasteiger partial charge < -0.3 is 15.9 Å². The summed E-state index contributed by atoms with van der Waals surface area (Å²) in [6.07, 6.45) is 0. The van der Waals surface area contributed by atoms with E-state index in [0.29, 0.717) is 16.7 Å². The molecule has 9 heteroatoms. The summed E-state index contributed by atoms with van der Waals surface area (Å²) in [5.41, 5.74) is 1.49. The highest BCUT2D eigenvalue weighted by atomic mass is 32.2. The molecular weight excluding hydrogens is 442 g/mol. The van der Waals surface area contributed by atoms with E-state index in [1.54, 1.807) is 18.9 Å². The van der Waals surface area contributed by atoms with Crippen LogP contribution in [0.2, 0.25) is 0 Å². The topological polar surface area (TPSA) is 95.1 Å². The number of ether oxygens (including phenoxy) is 1. The first-order chi connectivity index (χ1) is 15.7. The summed E-state index contributed by atoms with van der Waals surface area (Å²) in [5.74, 6) is 7.29. The van der Waals surface area contributed by atoms with Gasteiger partial charge >= 0.3 is 0 Å². The van der Waals surface area contributed by atoms with E-state index in [-0.39, 0.29) is 11.7 Å². The monoisotopic (exact) mass is 463 g/mol. The van der Waals surface area contributed by atoms with Crippen LogP contribution < -0.4 is 15.9 Å². The number of carbonyl (C=O) groups excluding carboxylic acids is 1. The number of thioether (sulfide) groups is 1. The molecule has 0 radical (unpaired) electrons. The second-order valence-electron chi connectivity index (χ2n) is 6.62. The predicted molar refractivity (Wildman–Crippen MR) is 129 cm³/mol. The minimum Gasteiger partial charge on any atom is -0.496 e. The number of carbonyl (C=O) groups is 1. The number of benzene rings is 3. The second-order valence-corrected chi connectivity index (χ2v) is 8.68. The van der Waals surface area contributed by atoms with E-state index in [4.69, 9.17) is 10.6 Å². The highest BCUT2D eigenvalue weighted by molar-refractivity contribution is 8.00. The average Bonchev–Trinajstić information content (AvgIpc) is 3.19. The van der Waals surface area contributed by atoms with Crippen LogP contribution in [0.15, 0.2) is 93.8 Å². The van der Waals surface area contributed by atoms with Crippen molar-refractivity contribution in [2.45, 2.75) is 14.9 Å². The first-order valence-corrected chi connectivity index (χ1v) is 11.5. The third-order valence-electron chi connectivity index (χ3n) is 4.48. The van der Waals surface area contributed by atoms with E-state index >= 15 is 0 Å². The Morgan fingerprint density at radius 2 is 1.72 bits per heavy atom. The number of anilines is 1. The number of aromatic nitrogens is 3. The van der Waals surface area contributed by atoms with Crippen molar-refractivity contribution in [3.63, 3.8) is 0 Å². The Bertz CT molecular complexity index is 1210. The molecule has 0 unspecified atom stereocenters. The lowest BCUT2D eigenvalue weighted by atomic mass is 10.2. The molecule has 0 atom stereocenters. The highest BCUT2D eigenvalue weighted by Crippen LogP contribution is 2.33. The molecular formula is C23H21N5O2S2. The van der Waals surface area contributed by atoms with Gasteiger partial charge in [-0.2, -0.15) is 0 Å². The van der Waals surface area contributed by atoms with Crippen LogP contribution in [0.1, 0.15) is 0 Å². The smallest absolute Gasteiger partial charge is 0.234 e. The molecule has 1 amide bonds. The Balaban J connectivity index is 1.42. The first-order valence-electron chi connectivity index (χ1n) is 9.74. The zero-order chi connectivity index (χ0) is 22.3. The van der Waals surface area contributed by atoms with Gasteiger partial charge in [-0.1, -0.05) is 66.0 Å². The van der Waals surface area contributed by atoms with Gasteiger partial charge in [-0.3, -0.25) is 4.79 Å². The fourth-order valence-electron chi connectivity index (χ4n) is 2.98. The van der Waals surface area contributed by atoms with Crippen molar-refractivity contribution in [1.82, 2.24) is 14.9 Å². The van der Waals surface area contributed by atoms with Crippen LogP contribution in [0.5, 0.6) is 5.75 Å².